The molecule has 4 nitrogen and oxygen atoms in total. The molecule has 0 spiro atoms. The Morgan fingerprint density at radius 2 is 1.65 bits per heavy atom. The van der Waals surface area contributed by atoms with E-state index < -0.39 is 5.97 Å². The fourth-order valence-corrected chi connectivity index (χ4v) is 2.30. The Morgan fingerprint density at radius 3 is 2.23 bits per heavy atom. The van der Waals surface area contributed by atoms with Gasteiger partial charge in [0.1, 0.15) is 11.5 Å². The highest BCUT2D eigenvalue weighted by Gasteiger charge is 2.13. The monoisotopic (exact) mass is 371 g/mol. The highest BCUT2D eigenvalue weighted by Crippen LogP contribution is 2.20. The van der Waals surface area contributed by atoms with Crippen molar-refractivity contribution in [3.8, 4) is 5.75 Å². The van der Waals surface area contributed by atoms with E-state index in [0.717, 1.165) is 11.6 Å². The molecule has 0 atom stereocenters. The molecular weight excluding hydrogens is 350 g/mol. The van der Waals surface area contributed by atoms with Gasteiger partial charge in [-0.05, 0) is 50.6 Å². The molecule has 2 N–H and O–H groups in total. The molecule has 0 saturated heterocycles. The summed E-state index contributed by atoms with van der Waals surface area (Å²) < 4.78 is 5.15. The van der Waals surface area contributed by atoms with Crippen molar-refractivity contribution in [2.75, 3.05) is 0 Å². The van der Waals surface area contributed by atoms with E-state index in [-0.39, 0.29) is 11.3 Å². The van der Waals surface area contributed by atoms with Crippen LogP contribution in [-0.4, -0.2) is 16.6 Å². The molecule has 0 heterocycles. The molecule has 0 aliphatic rings. The standard InChI is InChI=1S/C21H22ClNO3/c1-21(2,3)23-19(15-9-11-16(22)12-10-15)13-17(24)14-20(25)26-18-7-5-4-6-8-18/h4-14,23-24H,1-3H3/b17-14-,19-13-. The lowest BCUT2D eigenvalue weighted by molar-refractivity contribution is -0.129. The predicted molar refractivity (Wildman–Crippen MR) is 105 cm³/mol. The van der Waals surface area contributed by atoms with Gasteiger partial charge in [-0.3, -0.25) is 0 Å². The molecule has 0 aromatic heterocycles. The van der Waals surface area contributed by atoms with E-state index in [1.807, 2.05) is 39.0 Å². The van der Waals surface area contributed by atoms with Crippen LogP contribution in [0.3, 0.4) is 0 Å². The van der Waals surface area contributed by atoms with Crippen molar-refractivity contribution >= 4 is 23.3 Å². The van der Waals surface area contributed by atoms with Crippen LogP contribution in [0.5, 0.6) is 5.75 Å². The Bertz CT molecular complexity index is 803. The van der Waals surface area contributed by atoms with E-state index in [1.165, 1.54) is 6.08 Å². The second-order valence-corrected chi connectivity index (χ2v) is 7.18. The Hall–Kier alpha value is -2.72. The number of ether oxygens (including phenoxy) is 1. The number of para-hydroxylation sites is 1. The second-order valence-electron chi connectivity index (χ2n) is 6.74. The number of rotatable bonds is 5. The normalized spacial score (nSPS) is 12.6. The van der Waals surface area contributed by atoms with Crippen molar-refractivity contribution in [1.29, 1.82) is 0 Å². The predicted octanol–water partition coefficient (Wildman–Crippen LogP) is 5.12. The molecule has 0 radical (unpaired) electrons. The average molecular weight is 372 g/mol. The number of aliphatic hydroxyl groups excluding tert-OH is 1. The van der Waals surface area contributed by atoms with Crippen molar-refractivity contribution in [3.63, 3.8) is 0 Å². The molecule has 26 heavy (non-hydrogen) atoms. The van der Waals surface area contributed by atoms with E-state index in [2.05, 4.69) is 5.32 Å². The van der Waals surface area contributed by atoms with Gasteiger partial charge in [-0.1, -0.05) is 41.9 Å². The third-order valence-corrected chi connectivity index (χ3v) is 3.44. The molecule has 0 saturated carbocycles. The molecule has 0 amide bonds. The fourth-order valence-electron chi connectivity index (χ4n) is 2.17. The van der Waals surface area contributed by atoms with Crippen LogP contribution in [0.2, 0.25) is 5.02 Å². The number of allylic oxidation sites excluding steroid dienone is 1. The molecule has 5 heteroatoms. The van der Waals surface area contributed by atoms with Crippen LogP contribution in [0.25, 0.3) is 5.70 Å². The van der Waals surface area contributed by atoms with E-state index in [9.17, 15) is 9.90 Å². The van der Waals surface area contributed by atoms with Gasteiger partial charge in [0, 0.05) is 22.3 Å². The summed E-state index contributed by atoms with van der Waals surface area (Å²) in [6.45, 7) is 6.00. The Morgan fingerprint density at radius 1 is 1.04 bits per heavy atom. The molecule has 136 valence electrons. The van der Waals surface area contributed by atoms with Gasteiger partial charge in [-0.2, -0.15) is 0 Å². The lowest BCUT2D eigenvalue weighted by Crippen LogP contribution is -2.34. The quantitative estimate of drug-likeness (QED) is 0.252. The largest absolute Gasteiger partial charge is 0.508 e. The van der Waals surface area contributed by atoms with Crippen molar-refractivity contribution < 1.29 is 14.6 Å². The first-order chi connectivity index (χ1) is 12.2. The van der Waals surface area contributed by atoms with Crippen molar-refractivity contribution in [2.24, 2.45) is 0 Å². The van der Waals surface area contributed by atoms with Gasteiger partial charge in [0.25, 0.3) is 0 Å². The van der Waals surface area contributed by atoms with Gasteiger partial charge < -0.3 is 15.2 Å². The summed E-state index contributed by atoms with van der Waals surface area (Å²) in [7, 11) is 0. The minimum atomic E-state index is -0.656. The highest BCUT2D eigenvalue weighted by atomic mass is 35.5. The molecule has 2 rings (SSSR count). The summed E-state index contributed by atoms with van der Waals surface area (Å²) in [5.41, 5.74) is 1.26. The fraction of sp³-hybridized carbons (Fsp3) is 0.190. The first kappa shape index (κ1) is 19.6. The van der Waals surface area contributed by atoms with Crippen LogP contribution in [-0.2, 0) is 4.79 Å². The van der Waals surface area contributed by atoms with Crippen molar-refractivity contribution in [2.45, 2.75) is 26.3 Å². The Balaban J connectivity index is 2.23. The van der Waals surface area contributed by atoms with Gasteiger partial charge in [-0.15, -0.1) is 0 Å². The van der Waals surface area contributed by atoms with Gasteiger partial charge in [0.2, 0.25) is 0 Å². The third kappa shape index (κ3) is 6.65. The van der Waals surface area contributed by atoms with E-state index in [0.29, 0.717) is 16.5 Å². The average Bonchev–Trinajstić information content (AvgIpc) is 2.54. The number of carbonyl (C=O) groups is 1. The van der Waals surface area contributed by atoms with Crippen LogP contribution in [0.15, 0.2) is 72.5 Å². The maximum absolute atomic E-state index is 11.9. The second kappa shape index (κ2) is 8.59. The van der Waals surface area contributed by atoms with E-state index in [4.69, 9.17) is 16.3 Å². The molecule has 2 aromatic carbocycles. The van der Waals surface area contributed by atoms with Crippen molar-refractivity contribution in [1.82, 2.24) is 5.32 Å². The zero-order valence-corrected chi connectivity index (χ0v) is 15.7. The number of esters is 1. The summed E-state index contributed by atoms with van der Waals surface area (Å²) in [4.78, 5) is 11.9. The first-order valence-electron chi connectivity index (χ1n) is 8.16. The molecule has 0 aliphatic carbocycles. The number of hydrogen-bond acceptors (Lipinski definition) is 4. The summed E-state index contributed by atoms with van der Waals surface area (Å²) in [6, 6.07) is 15.9. The lowest BCUT2D eigenvalue weighted by Gasteiger charge is -2.24. The minimum absolute atomic E-state index is 0.215. The molecule has 0 fully saturated rings. The van der Waals surface area contributed by atoms with Gasteiger partial charge in [-0.25, -0.2) is 4.79 Å². The van der Waals surface area contributed by atoms with Crippen LogP contribution in [0.4, 0.5) is 0 Å². The van der Waals surface area contributed by atoms with Crippen LogP contribution >= 0.6 is 11.6 Å². The lowest BCUT2D eigenvalue weighted by atomic mass is 10.0. The van der Waals surface area contributed by atoms with Gasteiger partial charge in [0.15, 0.2) is 0 Å². The zero-order valence-electron chi connectivity index (χ0n) is 15.0. The minimum Gasteiger partial charge on any atom is -0.508 e. The summed E-state index contributed by atoms with van der Waals surface area (Å²) in [6.07, 6.45) is 2.52. The van der Waals surface area contributed by atoms with Crippen LogP contribution in [0, 0.1) is 0 Å². The maximum atomic E-state index is 11.9. The molecule has 0 aliphatic heterocycles. The SMILES string of the molecule is CC(C)(C)N/C(=C\C(O)=C\C(=O)Oc1ccccc1)c1ccc(Cl)cc1. The first-order valence-corrected chi connectivity index (χ1v) is 8.54. The van der Waals surface area contributed by atoms with E-state index in [1.54, 1.807) is 36.4 Å². The van der Waals surface area contributed by atoms with Crippen LogP contribution in [0.1, 0.15) is 26.3 Å². The number of benzene rings is 2. The van der Waals surface area contributed by atoms with Gasteiger partial charge >= 0.3 is 5.97 Å². The number of carbonyl (C=O) groups excluding carboxylic acids is 1. The number of hydrogen-bond donors (Lipinski definition) is 2. The number of halogens is 1. The Kier molecular flexibility index (Phi) is 6.47. The summed E-state index contributed by atoms with van der Waals surface area (Å²) in [5.74, 6) is -0.458. The maximum Gasteiger partial charge on any atom is 0.339 e. The zero-order chi connectivity index (χ0) is 19.2. The van der Waals surface area contributed by atoms with Crippen LogP contribution < -0.4 is 10.1 Å². The van der Waals surface area contributed by atoms with Gasteiger partial charge in [0.05, 0.1) is 6.08 Å². The molecular formula is C21H22ClNO3. The summed E-state index contributed by atoms with van der Waals surface area (Å²) >= 11 is 5.94. The topological polar surface area (TPSA) is 58.6 Å². The number of aliphatic hydroxyl groups is 1. The molecule has 2 aromatic rings. The number of nitrogens with one attached hydrogen (secondary N) is 1. The van der Waals surface area contributed by atoms with E-state index >= 15 is 0 Å². The summed E-state index contributed by atoms with van der Waals surface area (Å²) in [5, 5.41) is 14.1. The Labute approximate surface area is 158 Å². The smallest absolute Gasteiger partial charge is 0.339 e. The van der Waals surface area contributed by atoms with Crippen molar-refractivity contribution in [3.05, 3.63) is 83.1 Å². The molecule has 0 bridgehead atoms. The third-order valence-electron chi connectivity index (χ3n) is 3.18. The highest BCUT2D eigenvalue weighted by molar-refractivity contribution is 6.30. The molecule has 0 unspecified atom stereocenters.